The smallest absolute Gasteiger partial charge is 0.329 e. The lowest BCUT2D eigenvalue weighted by atomic mass is 9.88. The van der Waals surface area contributed by atoms with E-state index in [0.29, 0.717) is 0 Å². The molecule has 0 aromatic heterocycles. The molecule has 2 aromatic rings. The predicted octanol–water partition coefficient (Wildman–Crippen LogP) is 8.49. The molecule has 42 heavy (non-hydrogen) atoms. The van der Waals surface area contributed by atoms with Gasteiger partial charge in [-0.25, -0.2) is 0 Å². The van der Waals surface area contributed by atoms with Crippen molar-refractivity contribution in [3.8, 4) is 0 Å². The zero-order valence-corrected chi connectivity index (χ0v) is 20.7. The maximum Gasteiger partial charge on any atom is 0.393 e. The van der Waals surface area contributed by atoms with E-state index in [1.807, 2.05) is 0 Å². The van der Waals surface area contributed by atoms with E-state index in [1.165, 1.54) is 36.4 Å². The summed E-state index contributed by atoms with van der Waals surface area (Å²) in [5.41, 5.74) is -0.290. The van der Waals surface area contributed by atoms with Gasteiger partial charge in [0.1, 0.15) is 0 Å². The van der Waals surface area contributed by atoms with Crippen LogP contribution >= 0.6 is 11.6 Å². The third-order valence-corrected chi connectivity index (χ3v) is 5.95. The van der Waals surface area contributed by atoms with Crippen LogP contribution in [0.3, 0.4) is 0 Å². The molecule has 0 saturated carbocycles. The molecule has 0 fully saturated rings. The molecule has 0 radical (unpaired) electrons. The lowest BCUT2D eigenvalue weighted by Gasteiger charge is -2.43. The summed E-state index contributed by atoms with van der Waals surface area (Å²) in [5, 5.41) is -6.87. The van der Waals surface area contributed by atoms with E-state index in [1.54, 1.807) is 0 Å². The summed E-state index contributed by atoms with van der Waals surface area (Å²) >= 11 is 3.50. The third-order valence-electron chi connectivity index (χ3n) is 5.71. The lowest BCUT2D eigenvalue weighted by Crippen LogP contribution is -2.75. The molecule has 0 unspecified atom stereocenters. The maximum absolute atomic E-state index is 14.7. The van der Waals surface area contributed by atoms with Gasteiger partial charge in [0.15, 0.2) is 0 Å². The monoisotopic (exact) mass is 659 g/mol. The van der Waals surface area contributed by atoms with Crippen LogP contribution in [0, 0.1) is 0 Å². The minimum Gasteiger partial charge on any atom is -0.329 e. The maximum atomic E-state index is 14.7. The van der Waals surface area contributed by atoms with Crippen molar-refractivity contribution >= 4 is 17.5 Å². The molecule has 0 aliphatic heterocycles. The van der Waals surface area contributed by atoms with Crippen molar-refractivity contribution in [1.29, 1.82) is 0 Å². The summed E-state index contributed by atoms with van der Waals surface area (Å²) in [6.45, 7) is -2.24. The van der Waals surface area contributed by atoms with Crippen LogP contribution in [0.1, 0.15) is 11.1 Å². The number of alkyl halides is 17. The van der Waals surface area contributed by atoms with Gasteiger partial charge in [0, 0.05) is 13.1 Å². The molecule has 0 aliphatic carbocycles. The molecule has 236 valence electrons. The summed E-state index contributed by atoms with van der Waals surface area (Å²) in [4.78, 5) is 12.2. The van der Waals surface area contributed by atoms with Gasteiger partial charge in [-0.15, -0.1) is 0 Å². The normalized spacial score (nSPS) is 14.6. The Hall–Kier alpha value is -2.92. The first-order chi connectivity index (χ1) is 18.7. The number of carbonyl (C=O) groups is 1. The molecule has 2 aromatic carbocycles. The topological polar surface area (TPSA) is 20.3 Å². The average Bonchev–Trinajstić information content (AvgIpc) is 2.87. The largest absolute Gasteiger partial charge is 0.393 e. The van der Waals surface area contributed by atoms with Crippen LogP contribution in [0.5, 0.6) is 0 Å². The van der Waals surface area contributed by atoms with Crippen LogP contribution in [0.2, 0.25) is 0 Å². The molecule has 0 aliphatic rings. The van der Waals surface area contributed by atoms with Gasteiger partial charge in [-0.1, -0.05) is 60.7 Å². The highest BCUT2D eigenvalue weighted by Gasteiger charge is 2.95. The highest BCUT2D eigenvalue weighted by Crippen LogP contribution is 2.64. The zero-order valence-electron chi connectivity index (χ0n) is 20.0. The first-order valence-electron chi connectivity index (χ1n) is 10.8. The molecule has 0 heterocycles. The van der Waals surface area contributed by atoms with Crippen molar-refractivity contribution in [2.45, 2.75) is 59.9 Å². The fourth-order valence-electron chi connectivity index (χ4n) is 3.30. The predicted molar refractivity (Wildman–Crippen MR) is 113 cm³/mol. The van der Waals surface area contributed by atoms with Gasteiger partial charge in [-0.3, -0.25) is 4.79 Å². The molecule has 0 bridgehead atoms. The summed E-state index contributed by atoms with van der Waals surface area (Å²) in [7, 11) is 0. The van der Waals surface area contributed by atoms with Crippen molar-refractivity contribution in [2.24, 2.45) is 0 Å². The fourth-order valence-corrected chi connectivity index (χ4v) is 3.42. The van der Waals surface area contributed by atoms with Crippen LogP contribution in [0.4, 0.5) is 70.2 Å². The minimum atomic E-state index is -8.65. The summed E-state index contributed by atoms with van der Waals surface area (Å²) in [6.07, 6.45) is 0. The van der Waals surface area contributed by atoms with E-state index in [4.69, 9.17) is 0 Å². The SMILES string of the molecule is O=C(N(Cc1ccccc1)Cc1ccccc1)C(F)(F)C(F)(F)C(F)(F)C(F)(F)C(F)(F)C(F)(F)C(F)(F)C(F)(F)Cl. The van der Waals surface area contributed by atoms with Crippen molar-refractivity contribution in [3.63, 3.8) is 0 Å². The Labute approximate surface area is 229 Å². The number of benzene rings is 2. The van der Waals surface area contributed by atoms with Gasteiger partial charge in [-0.2, -0.15) is 70.2 Å². The van der Waals surface area contributed by atoms with Crippen LogP contribution in [0.15, 0.2) is 60.7 Å². The van der Waals surface area contributed by atoms with Gasteiger partial charge in [-0.05, 0) is 22.7 Å². The molecule has 0 atom stereocenters. The van der Waals surface area contributed by atoms with E-state index >= 15 is 0 Å². The molecule has 0 saturated heterocycles. The second-order valence-corrected chi connectivity index (χ2v) is 9.13. The summed E-state index contributed by atoms with van der Waals surface area (Å²) < 4.78 is 221. The van der Waals surface area contributed by atoms with Crippen molar-refractivity contribution < 1.29 is 75.0 Å². The number of hydrogen-bond acceptors (Lipinski definition) is 1. The number of hydrogen-bond donors (Lipinski definition) is 0. The minimum absolute atomic E-state index is 0.145. The third kappa shape index (κ3) is 5.45. The van der Waals surface area contributed by atoms with E-state index in [0.717, 1.165) is 24.3 Å². The van der Waals surface area contributed by atoms with Crippen molar-refractivity contribution in [3.05, 3.63) is 71.8 Å². The Morgan fingerprint density at radius 1 is 0.500 bits per heavy atom. The molecular weight excluding hydrogens is 646 g/mol. The number of halogens is 17. The number of nitrogens with zero attached hydrogens (tertiary/aromatic N) is 1. The van der Waals surface area contributed by atoms with Gasteiger partial charge < -0.3 is 4.90 Å². The Morgan fingerprint density at radius 2 is 0.786 bits per heavy atom. The van der Waals surface area contributed by atoms with Gasteiger partial charge in [0.25, 0.3) is 0 Å². The Balaban J connectivity index is 2.62. The van der Waals surface area contributed by atoms with Crippen molar-refractivity contribution in [1.82, 2.24) is 4.90 Å². The van der Waals surface area contributed by atoms with Crippen LogP contribution in [0.25, 0.3) is 0 Å². The molecular formula is C23H14ClF16NO. The number of amides is 1. The second kappa shape index (κ2) is 11.0. The first-order valence-corrected chi connectivity index (χ1v) is 11.2. The van der Waals surface area contributed by atoms with Crippen molar-refractivity contribution in [2.75, 3.05) is 0 Å². The standard InChI is InChI=1S/C23H14ClF16NO/c24-23(39,40)22(37,38)21(35,36)20(33,34)19(31,32)18(29,30)17(27,28)16(25,26)15(42)41(11-13-7-3-1-4-8-13)12-14-9-5-2-6-10-14/h1-10H,11-12H2. The fraction of sp³-hybridized carbons (Fsp3) is 0.435. The molecule has 19 heteroatoms. The van der Waals surface area contributed by atoms with Gasteiger partial charge in [0.05, 0.1) is 0 Å². The average molecular weight is 660 g/mol. The molecule has 0 N–H and O–H groups in total. The Morgan fingerprint density at radius 3 is 1.10 bits per heavy atom. The zero-order chi connectivity index (χ0) is 32.8. The van der Waals surface area contributed by atoms with Gasteiger partial charge in [0.2, 0.25) is 0 Å². The highest BCUT2D eigenvalue weighted by molar-refractivity contribution is 6.22. The van der Waals surface area contributed by atoms with Crippen LogP contribution in [-0.2, 0) is 17.9 Å². The lowest BCUT2D eigenvalue weighted by molar-refractivity contribution is -0.446. The number of carbonyl (C=O) groups excluding carboxylic acids is 1. The molecule has 2 nitrogen and oxygen atoms in total. The number of rotatable bonds is 12. The van der Waals surface area contributed by atoms with Crippen LogP contribution in [-0.4, -0.2) is 57.6 Å². The molecule has 2 rings (SSSR count). The van der Waals surface area contributed by atoms with Crippen LogP contribution < -0.4 is 0 Å². The highest BCUT2D eigenvalue weighted by atomic mass is 35.5. The summed E-state index contributed by atoms with van der Waals surface area (Å²) in [6, 6.07) is 12.0. The van der Waals surface area contributed by atoms with E-state index in [9.17, 15) is 75.0 Å². The molecule has 1 amide bonds. The molecule has 0 spiro atoms. The van der Waals surface area contributed by atoms with E-state index in [2.05, 4.69) is 11.6 Å². The van der Waals surface area contributed by atoms with E-state index in [-0.39, 0.29) is 16.0 Å². The first kappa shape index (κ1) is 35.3. The Bertz CT molecular complexity index is 1190. The summed E-state index contributed by atoms with van der Waals surface area (Å²) in [5.74, 6) is -60.5. The second-order valence-electron chi connectivity index (χ2n) is 8.65. The Kier molecular flexibility index (Phi) is 9.22. The van der Waals surface area contributed by atoms with Gasteiger partial charge >= 0.3 is 52.7 Å². The van der Waals surface area contributed by atoms with E-state index < -0.39 is 65.8 Å². The quantitative estimate of drug-likeness (QED) is 0.165.